The van der Waals surface area contributed by atoms with Crippen molar-refractivity contribution in [2.24, 2.45) is 0 Å². The number of hydrogen-bond acceptors (Lipinski definition) is 6. The van der Waals surface area contributed by atoms with Crippen molar-refractivity contribution in [3.63, 3.8) is 0 Å². The third-order valence-electron chi connectivity index (χ3n) is 5.60. The summed E-state index contributed by atoms with van der Waals surface area (Å²) in [6.07, 6.45) is 2.25. The summed E-state index contributed by atoms with van der Waals surface area (Å²) >= 11 is 3.46. The normalized spacial score (nSPS) is 14.0. The molecule has 0 atom stereocenters. The first kappa shape index (κ1) is 19.9. The van der Waals surface area contributed by atoms with Crippen LogP contribution in [0.5, 0.6) is 11.5 Å². The molecule has 2 aromatic carbocycles. The number of halogens is 1. The molecule has 160 valence electrons. The standard InChI is InChI=1S/C22H22BrN5O3/c1-30-16-9-14(10-17(12-16)31-2)13-27-21-24-20(29)18-11-15(23)5-6-19(18)28(21)22(25-27)26-7-3-4-8-26/h5-6,9-12H,3-4,7-8,13H2,1-2H3. The fourth-order valence-corrected chi connectivity index (χ4v) is 4.47. The minimum absolute atomic E-state index is 0.270. The molecule has 2 aromatic heterocycles. The molecule has 1 saturated heterocycles. The van der Waals surface area contributed by atoms with Crippen LogP contribution in [0.1, 0.15) is 18.4 Å². The van der Waals surface area contributed by atoms with E-state index in [0.29, 0.717) is 29.2 Å². The number of ether oxygens (including phenoxy) is 2. The van der Waals surface area contributed by atoms with E-state index in [1.54, 1.807) is 18.9 Å². The Morgan fingerprint density at radius 1 is 1.03 bits per heavy atom. The zero-order valence-electron chi connectivity index (χ0n) is 17.3. The maximum Gasteiger partial charge on any atom is 0.282 e. The molecule has 0 bridgehead atoms. The molecule has 4 aromatic rings. The Balaban J connectivity index is 1.73. The molecule has 1 aliphatic rings. The summed E-state index contributed by atoms with van der Waals surface area (Å²) in [5, 5.41) is 5.47. The van der Waals surface area contributed by atoms with Gasteiger partial charge < -0.3 is 14.4 Å². The second-order valence-corrected chi connectivity index (χ2v) is 8.50. The summed E-state index contributed by atoms with van der Waals surface area (Å²) in [6.45, 7) is 2.30. The lowest BCUT2D eigenvalue weighted by Crippen LogP contribution is -2.21. The van der Waals surface area contributed by atoms with Gasteiger partial charge in [-0.1, -0.05) is 15.9 Å². The van der Waals surface area contributed by atoms with Crippen molar-refractivity contribution in [1.82, 2.24) is 19.2 Å². The van der Waals surface area contributed by atoms with Gasteiger partial charge in [-0.15, -0.1) is 5.10 Å². The number of fused-ring (bicyclic) bond motifs is 3. The van der Waals surface area contributed by atoms with Gasteiger partial charge in [-0.05, 0) is 48.7 Å². The second kappa shape index (κ2) is 7.88. The SMILES string of the molecule is COc1cc(Cn2nc(N3CCCC3)n3c4ccc(Br)cc4c(=O)nc23)cc(OC)c1. The highest BCUT2D eigenvalue weighted by molar-refractivity contribution is 9.10. The van der Waals surface area contributed by atoms with E-state index in [1.807, 2.05) is 40.8 Å². The van der Waals surface area contributed by atoms with Gasteiger partial charge >= 0.3 is 0 Å². The van der Waals surface area contributed by atoms with Gasteiger partial charge in [0.1, 0.15) is 11.5 Å². The van der Waals surface area contributed by atoms with Crippen LogP contribution >= 0.6 is 15.9 Å². The third kappa shape index (κ3) is 3.52. The molecule has 1 fully saturated rings. The Morgan fingerprint density at radius 3 is 2.42 bits per heavy atom. The molecule has 8 nitrogen and oxygen atoms in total. The summed E-state index contributed by atoms with van der Waals surface area (Å²) in [4.78, 5) is 19.5. The number of rotatable bonds is 5. The van der Waals surface area contributed by atoms with E-state index in [4.69, 9.17) is 14.6 Å². The van der Waals surface area contributed by atoms with Crippen LogP contribution in [0.25, 0.3) is 16.7 Å². The molecule has 0 spiro atoms. The van der Waals surface area contributed by atoms with E-state index < -0.39 is 0 Å². The lowest BCUT2D eigenvalue weighted by Gasteiger charge is -2.15. The van der Waals surface area contributed by atoms with Crippen LogP contribution < -0.4 is 19.9 Å². The minimum atomic E-state index is -0.270. The van der Waals surface area contributed by atoms with Gasteiger partial charge in [-0.3, -0.25) is 4.79 Å². The Hall–Kier alpha value is -3.07. The van der Waals surface area contributed by atoms with Crippen molar-refractivity contribution < 1.29 is 9.47 Å². The lowest BCUT2D eigenvalue weighted by atomic mass is 10.2. The van der Waals surface area contributed by atoms with Crippen LogP contribution in [0.3, 0.4) is 0 Å². The monoisotopic (exact) mass is 483 g/mol. The third-order valence-corrected chi connectivity index (χ3v) is 6.10. The quantitative estimate of drug-likeness (QED) is 0.432. The fourth-order valence-electron chi connectivity index (χ4n) is 4.11. The molecule has 0 amide bonds. The van der Waals surface area contributed by atoms with E-state index in [2.05, 4.69) is 25.8 Å². The second-order valence-electron chi connectivity index (χ2n) is 7.59. The molecule has 0 saturated carbocycles. The van der Waals surface area contributed by atoms with Crippen molar-refractivity contribution in [3.8, 4) is 11.5 Å². The molecule has 5 rings (SSSR count). The Bertz CT molecular complexity index is 1320. The smallest absolute Gasteiger partial charge is 0.282 e. The highest BCUT2D eigenvalue weighted by Gasteiger charge is 2.23. The van der Waals surface area contributed by atoms with Crippen LogP contribution in [0.4, 0.5) is 5.95 Å². The van der Waals surface area contributed by atoms with Crippen LogP contribution in [0, 0.1) is 0 Å². The number of methoxy groups -OCH3 is 2. The van der Waals surface area contributed by atoms with E-state index in [1.165, 1.54) is 0 Å². The summed E-state index contributed by atoms with van der Waals surface area (Å²) in [6, 6.07) is 11.4. The molecule has 0 unspecified atom stereocenters. The topological polar surface area (TPSA) is 73.9 Å². The maximum absolute atomic E-state index is 12.8. The zero-order valence-corrected chi connectivity index (χ0v) is 18.9. The highest BCUT2D eigenvalue weighted by atomic mass is 79.9. The van der Waals surface area contributed by atoms with E-state index in [-0.39, 0.29) is 5.56 Å². The molecule has 31 heavy (non-hydrogen) atoms. The average Bonchev–Trinajstić information content (AvgIpc) is 3.42. The van der Waals surface area contributed by atoms with Crippen LogP contribution in [-0.2, 0) is 6.54 Å². The van der Waals surface area contributed by atoms with Crippen molar-refractivity contribution >= 4 is 38.6 Å². The summed E-state index contributed by atoms with van der Waals surface area (Å²) < 4.78 is 15.4. The number of aromatic nitrogens is 4. The van der Waals surface area contributed by atoms with Crippen molar-refractivity contribution in [3.05, 3.63) is 56.8 Å². The lowest BCUT2D eigenvalue weighted by molar-refractivity contribution is 0.393. The summed E-state index contributed by atoms with van der Waals surface area (Å²) in [5.74, 6) is 2.72. The summed E-state index contributed by atoms with van der Waals surface area (Å²) in [7, 11) is 3.25. The number of benzene rings is 2. The Labute approximate surface area is 187 Å². The van der Waals surface area contributed by atoms with Gasteiger partial charge in [0, 0.05) is 23.6 Å². The van der Waals surface area contributed by atoms with Gasteiger partial charge in [0.05, 0.1) is 31.7 Å². The minimum Gasteiger partial charge on any atom is -0.497 e. The van der Waals surface area contributed by atoms with Crippen LogP contribution in [0.2, 0.25) is 0 Å². The van der Waals surface area contributed by atoms with Crippen molar-refractivity contribution in [1.29, 1.82) is 0 Å². The van der Waals surface area contributed by atoms with Gasteiger partial charge in [-0.25, -0.2) is 9.08 Å². The predicted octanol–water partition coefficient (Wildman–Crippen LogP) is 3.47. The zero-order chi connectivity index (χ0) is 21.5. The molecule has 3 heterocycles. The van der Waals surface area contributed by atoms with Crippen LogP contribution in [0.15, 0.2) is 45.7 Å². The van der Waals surface area contributed by atoms with E-state index in [9.17, 15) is 4.79 Å². The van der Waals surface area contributed by atoms with E-state index in [0.717, 1.165) is 47.4 Å². The first-order valence-corrected chi connectivity index (χ1v) is 10.9. The average molecular weight is 484 g/mol. The Morgan fingerprint density at radius 2 is 1.74 bits per heavy atom. The van der Waals surface area contributed by atoms with Crippen LogP contribution in [-0.4, -0.2) is 46.5 Å². The van der Waals surface area contributed by atoms with Crippen molar-refractivity contribution in [2.75, 3.05) is 32.2 Å². The van der Waals surface area contributed by atoms with Gasteiger partial charge in [0.25, 0.3) is 5.56 Å². The first-order chi connectivity index (χ1) is 15.1. The highest BCUT2D eigenvalue weighted by Crippen LogP contribution is 2.27. The van der Waals surface area contributed by atoms with Gasteiger partial charge in [-0.2, -0.15) is 4.98 Å². The molecule has 9 heteroatoms. The first-order valence-electron chi connectivity index (χ1n) is 10.1. The van der Waals surface area contributed by atoms with E-state index >= 15 is 0 Å². The predicted molar refractivity (Wildman–Crippen MR) is 123 cm³/mol. The molecular formula is C22H22BrN5O3. The summed E-state index contributed by atoms with van der Waals surface area (Å²) in [5.41, 5.74) is 1.47. The molecule has 0 N–H and O–H groups in total. The number of nitrogens with zero attached hydrogens (tertiary/aromatic N) is 5. The molecular weight excluding hydrogens is 462 g/mol. The fraction of sp³-hybridized carbons (Fsp3) is 0.318. The van der Waals surface area contributed by atoms with Gasteiger partial charge in [0.15, 0.2) is 0 Å². The van der Waals surface area contributed by atoms with Gasteiger partial charge in [0.2, 0.25) is 11.7 Å². The number of hydrogen-bond donors (Lipinski definition) is 0. The largest absolute Gasteiger partial charge is 0.497 e. The molecule has 1 aliphatic heterocycles. The number of anilines is 1. The molecule has 0 radical (unpaired) electrons. The van der Waals surface area contributed by atoms with Crippen molar-refractivity contribution in [2.45, 2.75) is 19.4 Å². The molecule has 0 aliphatic carbocycles. The maximum atomic E-state index is 12.8. The Kier molecular flexibility index (Phi) is 5.05.